The van der Waals surface area contributed by atoms with Crippen LogP contribution in [0, 0.1) is 0 Å². The Hall–Kier alpha value is -2.15. The van der Waals surface area contributed by atoms with Crippen molar-refractivity contribution in [1.82, 2.24) is 4.90 Å². The fourth-order valence-corrected chi connectivity index (χ4v) is 3.81. The molecule has 0 aliphatic carbocycles. The Labute approximate surface area is 166 Å². The molecule has 0 atom stereocenters. The quantitative estimate of drug-likeness (QED) is 0.555. The van der Waals surface area contributed by atoms with Crippen LogP contribution in [0.15, 0.2) is 59.5 Å². The van der Waals surface area contributed by atoms with Gasteiger partial charge in [-0.25, -0.2) is 0 Å². The van der Waals surface area contributed by atoms with Crippen molar-refractivity contribution >= 4 is 63.5 Å². The Morgan fingerprint density at radius 1 is 1.19 bits per heavy atom. The molecule has 1 saturated heterocycles. The molecule has 132 valence electrons. The van der Waals surface area contributed by atoms with Crippen LogP contribution in [0.1, 0.15) is 12.5 Å². The smallest absolute Gasteiger partial charge is 0.267 e. The average molecular weight is 403 g/mol. The van der Waals surface area contributed by atoms with Crippen molar-refractivity contribution in [2.75, 3.05) is 11.6 Å². The zero-order valence-corrected chi connectivity index (χ0v) is 16.3. The topological polar surface area (TPSA) is 40.6 Å². The summed E-state index contributed by atoms with van der Waals surface area (Å²) in [6, 6.07) is 16.4. The lowest BCUT2D eigenvalue weighted by atomic mass is 10.2. The number of halogens is 1. The molecule has 4 nitrogen and oxygen atoms in total. The molecule has 26 heavy (non-hydrogen) atoms. The highest BCUT2D eigenvalue weighted by Gasteiger charge is 2.34. The predicted octanol–water partition coefficient (Wildman–Crippen LogP) is 4.55. The van der Waals surface area contributed by atoms with Gasteiger partial charge in [0.15, 0.2) is 0 Å². The molecule has 0 N–H and O–H groups in total. The number of para-hydroxylation sites is 1. The van der Waals surface area contributed by atoms with Crippen LogP contribution in [0.2, 0.25) is 5.02 Å². The van der Waals surface area contributed by atoms with E-state index < -0.39 is 0 Å². The summed E-state index contributed by atoms with van der Waals surface area (Å²) in [5, 5.41) is 0.634. The lowest BCUT2D eigenvalue weighted by Crippen LogP contribution is -2.42. The fourth-order valence-electron chi connectivity index (χ4n) is 2.44. The van der Waals surface area contributed by atoms with E-state index in [0.29, 0.717) is 14.2 Å². The first-order valence-electron chi connectivity index (χ1n) is 7.80. The summed E-state index contributed by atoms with van der Waals surface area (Å²) in [6.45, 7) is 1.55. The molecule has 0 bridgehead atoms. The summed E-state index contributed by atoms with van der Waals surface area (Å²) in [6.07, 6.45) is 1.77. The van der Waals surface area contributed by atoms with E-state index in [1.54, 1.807) is 18.2 Å². The molecule has 0 spiro atoms. The average Bonchev–Trinajstić information content (AvgIpc) is 2.89. The van der Waals surface area contributed by atoms with Crippen molar-refractivity contribution in [3.05, 3.63) is 70.1 Å². The van der Waals surface area contributed by atoms with Crippen LogP contribution in [0.3, 0.4) is 0 Å². The SMILES string of the molecule is CC(=O)N(CN1C(=O)/C(=C\c2ccc(Cl)cc2)SC1=S)c1ccccc1. The van der Waals surface area contributed by atoms with Gasteiger partial charge in [0.1, 0.15) is 11.0 Å². The number of hydrogen-bond donors (Lipinski definition) is 0. The molecule has 0 unspecified atom stereocenters. The third kappa shape index (κ3) is 4.15. The number of hydrogen-bond acceptors (Lipinski definition) is 4. The van der Waals surface area contributed by atoms with E-state index in [0.717, 1.165) is 11.3 Å². The maximum Gasteiger partial charge on any atom is 0.267 e. The zero-order valence-electron chi connectivity index (χ0n) is 13.9. The molecular formula is C19H15ClN2O2S2. The first kappa shape index (κ1) is 18.6. The third-order valence-electron chi connectivity index (χ3n) is 3.77. The van der Waals surface area contributed by atoms with E-state index in [4.69, 9.17) is 23.8 Å². The minimum Gasteiger partial charge on any atom is -0.294 e. The van der Waals surface area contributed by atoms with Crippen molar-refractivity contribution in [2.45, 2.75) is 6.92 Å². The molecule has 1 fully saturated rings. The Bertz CT molecular complexity index is 882. The first-order chi connectivity index (χ1) is 12.5. The number of thioether (sulfide) groups is 1. The van der Waals surface area contributed by atoms with Crippen molar-refractivity contribution in [3.63, 3.8) is 0 Å². The fraction of sp³-hybridized carbons (Fsp3) is 0.105. The number of rotatable bonds is 4. The van der Waals surface area contributed by atoms with Crippen LogP contribution in [-0.4, -0.2) is 27.7 Å². The predicted molar refractivity (Wildman–Crippen MR) is 111 cm³/mol. The largest absolute Gasteiger partial charge is 0.294 e. The molecule has 0 saturated carbocycles. The van der Waals surface area contributed by atoms with Crippen LogP contribution in [-0.2, 0) is 9.59 Å². The second kappa shape index (κ2) is 8.03. The molecule has 0 radical (unpaired) electrons. The minimum atomic E-state index is -0.211. The summed E-state index contributed by atoms with van der Waals surface area (Å²) in [5.74, 6) is -0.371. The van der Waals surface area contributed by atoms with Gasteiger partial charge in [0.2, 0.25) is 5.91 Å². The molecular weight excluding hydrogens is 388 g/mol. The molecule has 3 rings (SSSR count). The number of carbonyl (C=O) groups excluding carboxylic acids is 2. The van der Waals surface area contributed by atoms with E-state index in [2.05, 4.69) is 0 Å². The molecule has 1 heterocycles. The normalized spacial score (nSPS) is 15.6. The number of anilines is 1. The van der Waals surface area contributed by atoms with E-state index >= 15 is 0 Å². The highest BCUT2D eigenvalue weighted by Crippen LogP contribution is 2.33. The number of thiocarbonyl (C=S) groups is 1. The number of carbonyl (C=O) groups is 2. The molecule has 1 aliphatic heterocycles. The second-order valence-electron chi connectivity index (χ2n) is 5.59. The summed E-state index contributed by atoms with van der Waals surface area (Å²) >= 11 is 12.5. The molecule has 1 aliphatic rings. The zero-order chi connectivity index (χ0) is 18.7. The second-order valence-corrected chi connectivity index (χ2v) is 7.70. The standard InChI is InChI=1S/C19H15ClN2O2S2/c1-13(23)21(16-5-3-2-4-6-16)12-22-18(24)17(26-19(22)25)11-14-7-9-15(20)10-8-14/h2-11H,12H2,1H3/b17-11+. The van der Waals surface area contributed by atoms with Gasteiger partial charge in [-0.05, 0) is 35.9 Å². The molecule has 2 aromatic rings. The Morgan fingerprint density at radius 3 is 2.46 bits per heavy atom. The van der Waals surface area contributed by atoms with Gasteiger partial charge in [-0.3, -0.25) is 19.4 Å². The van der Waals surface area contributed by atoms with Crippen LogP contribution in [0.4, 0.5) is 5.69 Å². The van der Waals surface area contributed by atoms with Gasteiger partial charge in [-0.2, -0.15) is 0 Å². The van der Waals surface area contributed by atoms with Crippen LogP contribution >= 0.6 is 35.6 Å². The molecule has 2 amide bonds. The lowest BCUT2D eigenvalue weighted by Gasteiger charge is -2.26. The lowest BCUT2D eigenvalue weighted by molar-refractivity contribution is -0.122. The monoisotopic (exact) mass is 402 g/mol. The van der Waals surface area contributed by atoms with Gasteiger partial charge in [0, 0.05) is 17.6 Å². The van der Waals surface area contributed by atoms with Crippen LogP contribution in [0.25, 0.3) is 6.08 Å². The van der Waals surface area contributed by atoms with Gasteiger partial charge < -0.3 is 0 Å². The van der Waals surface area contributed by atoms with Gasteiger partial charge in [-0.1, -0.05) is 65.9 Å². The van der Waals surface area contributed by atoms with Crippen molar-refractivity contribution in [3.8, 4) is 0 Å². The Morgan fingerprint density at radius 2 is 1.85 bits per heavy atom. The number of benzene rings is 2. The molecule has 2 aromatic carbocycles. The first-order valence-corrected chi connectivity index (χ1v) is 9.40. The van der Waals surface area contributed by atoms with E-state index in [9.17, 15) is 9.59 Å². The Kier molecular flexibility index (Phi) is 5.76. The van der Waals surface area contributed by atoms with Gasteiger partial charge in [0.05, 0.1) is 4.91 Å². The van der Waals surface area contributed by atoms with Gasteiger partial charge in [0.25, 0.3) is 5.91 Å². The van der Waals surface area contributed by atoms with Crippen LogP contribution < -0.4 is 4.90 Å². The van der Waals surface area contributed by atoms with Gasteiger partial charge >= 0.3 is 0 Å². The molecule has 7 heteroatoms. The maximum atomic E-state index is 12.8. The van der Waals surface area contributed by atoms with Crippen molar-refractivity contribution in [2.24, 2.45) is 0 Å². The summed E-state index contributed by atoms with van der Waals surface area (Å²) < 4.78 is 0.428. The van der Waals surface area contributed by atoms with Crippen molar-refractivity contribution < 1.29 is 9.59 Å². The third-order valence-corrected chi connectivity index (χ3v) is 5.40. The van der Waals surface area contributed by atoms with Crippen molar-refractivity contribution in [1.29, 1.82) is 0 Å². The highest BCUT2D eigenvalue weighted by atomic mass is 35.5. The highest BCUT2D eigenvalue weighted by molar-refractivity contribution is 8.26. The maximum absolute atomic E-state index is 12.8. The Balaban J connectivity index is 1.82. The summed E-state index contributed by atoms with van der Waals surface area (Å²) in [5.41, 5.74) is 1.58. The summed E-state index contributed by atoms with van der Waals surface area (Å²) in [4.78, 5) is 28.3. The minimum absolute atomic E-state index is 0.0853. The van der Waals surface area contributed by atoms with E-state index in [1.165, 1.54) is 28.5 Å². The van der Waals surface area contributed by atoms with Crippen LogP contribution in [0.5, 0.6) is 0 Å². The van der Waals surface area contributed by atoms with E-state index in [-0.39, 0.29) is 18.5 Å². The molecule has 0 aromatic heterocycles. The van der Waals surface area contributed by atoms with Gasteiger partial charge in [-0.15, -0.1) is 0 Å². The van der Waals surface area contributed by atoms with E-state index in [1.807, 2.05) is 42.5 Å². The summed E-state index contributed by atoms with van der Waals surface area (Å²) in [7, 11) is 0. The number of nitrogens with zero attached hydrogens (tertiary/aromatic N) is 2. The number of amides is 2.